The fourth-order valence-corrected chi connectivity index (χ4v) is 6.75. The summed E-state index contributed by atoms with van der Waals surface area (Å²) in [7, 11) is -3.44. The van der Waals surface area contributed by atoms with Crippen molar-refractivity contribution in [2.75, 3.05) is 31.2 Å². The number of hydrogen-bond acceptors (Lipinski definition) is 10. The minimum absolute atomic E-state index is 0.00299. The van der Waals surface area contributed by atoms with Gasteiger partial charge in [-0.25, -0.2) is 22.6 Å². The number of aromatic nitrogens is 1. The summed E-state index contributed by atoms with van der Waals surface area (Å²) in [6.07, 6.45) is 1.61. The number of thiazole rings is 1. The van der Waals surface area contributed by atoms with Crippen LogP contribution in [0.1, 0.15) is 23.5 Å². The molecule has 1 aromatic heterocycles. The highest BCUT2D eigenvalue weighted by atomic mass is 79.9. The molecule has 1 aromatic carbocycles. The summed E-state index contributed by atoms with van der Waals surface area (Å²) < 4.78 is 43.9. The first-order chi connectivity index (χ1) is 17.1. The van der Waals surface area contributed by atoms with Gasteiger partial charge in [-0.3, -0.25) is 14.7 Å². The zero-order valence-corrected chi connectivity index (χ0v) is 22.3. The van der Waals surface area contributed by atoms with Gasteiger partial charge in [0.2, 0.25) is 5.91 Å². The quantitative estimate of drug-likeness (QED) is 0.456. The molecule has 2 aromatic rings. The van der Waals surface area contributed by atoms with Crippen LogP contribution in [-0.2, 0) is 24.2 Å². The zero-order valence-electron chi connectivity index (χ0n) is 19.1. The summed E-state index contributed by atoms with van der Waals surface area (Å²) in [5.41, 5.74) is 6.57. The van der Waals surface area contributed by atoms with E-state index in [1.165, 1.54) is 29.5 Å². The van der Waals surface area contributed by atoms with Crippen LogP contribution in [-0.4, -0.2) is 73.3 Å². The van der Waals surface area contributed by atoms with Gasteiger partial charge in [-0.15, -0.1) is 11.3 Å². The molecule has 2 atom stereocenters. The topological polar surface area (TPSA) is 144 Å². The van der Waals surface area contributed by atoms with Crippen molar-refractivity contribution in [3.8, 4) is 0 Å². The fourth-order valence-electron chi connectivity index (χ4n) is 4.06. The Kier molecular flexibility index (Phi) is 7.87. The molecule has 3 heterocycles. The van der Waals surface area contributed by atoms with Crippen LogP contribution >= 0.6 is 27.3 Å². The molecule has 192 valence electrons. The molecule has 4 rings (SSSR count). The van der Waals surface area contributed by atoms with Gasteiger partial charge in [-0.2, -0.15) is 0 Å². The van der Waals surface area contributed by atoms with Gasteiger partial charge in [-0.05, 0) is 24.6 Å². The maximum absolute atomic E-state index is 13.9. The number of nitrogens with two attached hydrogens (primary N) is 1. The van der Waals surface area contributed by atoms with Crippen LogP contribution in [0.5, 0.6) is 0 Å². The van der Waals surface area contributed by atoms with E-state index >= 15 is 0 Å². The third-order valence-corrected chi connectivity index (χ3v) is 8.84. The number of nitrogens with one attached hydrogen (secondary N) is 1. The molecule has 10 nitrogen and oxygen atoms in total. The molecule has 2 aliphatic heterocycles. The predicted molar refractivity (Wildman–Crippen MR) is 135 cm³/mol. The number of benzene rings is 1. The Balaban J connectivity index is 1.84. The SMILES string of the molecule is CCOC(=O)C1=C(CN2CCS(=O)(=O)C[C@H]2C(N)=O)NC(c2nccs2)=N[C@H]1c1ccc(F)cc1Br. The van der Waals surface area contributed by atoms with Gasteiger partial charge in [0.25, 0.3) is 0 Å². The summed E-state index contributed by atoms with van der Waals surface area (Å²) in [6, 6.07) is 2.10. The van der Waals surface area contributed by atoms with Gasteiger partial charge in [0.15, 0.2) is 20.7 Å². The molecule has 0 aliphatic carbocycles. The van der Waals surface area contributed by atoms with Crippen LogP contribution in [0.15, 0.2) is 50.5 Å². The van der Waals surface area contributed by atoms with E-state index in [9.17, 15) is 22.4 Å². The number of ether oxygens (including phenoxy) is 1. The van der Waals surface area contributed by atoms with Crippen LogP contribution in [0.3, 0.4) is 0 Å². The minimum Gasteiger partial charge on any atom is -0.463 e. The molecule has 3 N–H and O–H groups in total. The number of sulfone groups is 1. The largest absolute Gasteiger partial charge is 0.463 e. The summed E-state index contributed by atoms with van der Waals surface area (Å²) in [5.74, 6) is -2.09. The molecular formula is C22H23BrFN5O5S2. The molecule has 0 spiro atoms. The Labute approximate surface area is 219 Å². The fraction of sp³-hybridized carbons (Fsp3) is 0.364. The average molecular weight is 600 g/mol. The first-order valence-electron chi connectivity index (χ1n) is 10.9. The summed E-state index contributed by atoms with van der Waals surface area (Å²) >= 11 is 4.70. The number of hydrogen-bond donors (Lipinski definition) is 2. The zero-order chi connectivity index (χ0) is 26.0. The normalized spacial score (nSPS) is 22.0. The van der Waals surface area contributed by atoms with Crippen molar-refractivity contribution in [2.24, 2.45) is 10.7 Å². The number of rotatable bonds is 7. The third-order valence-electron chi connectivity index (χ3n) is 5.75. The lowest BCUT2D eigenvalue weighted by atomic mass is 9.95. The van der Waals surface area contributed by atoms with Gasteiger partial charge in [0, 0.05) is 34.8 Å². The number of primary amides is 1. The lowest BCUT2D eigenvalue weighted by Gasteiger charge is -2.36. The molecule has 0 unspecified atom stereocenters. The number of aliphatic imine (C=N–C) groups is 1. The van der Waals surface area contributed by atoms with Crippen LogP contribution in [0.2, 0.25) is 0 Å². The highest BCUT2D eigenvalue weighted by Crippen LogP contribution is 2.37. The Morgan fingerprint density at radius 2 is 2.17 bits per heavy atom. The first-order valence-corrected chi connectivity index (χ1v) is 14.4. The van der Waals surface area contributed by atoms with E-state index in [-0.39, 0.29) is 31.0 Å². The van der Waals surface area contributed by atoms with Gasteiger partial charge in [0.05, 0.1) is 23.7 Å². The van der Waals surface area contributed by atoms with Crippen molar-refractivity contribution in [1.82, 2.24) is 15.2 Å². The Morgan fingerprint density at radius 3 is 2.81 bits per heavy atom. The van der Waals surface area contributed by atoms with Crippen LogP contribution in [0, 0.1) is 5.82 Å². The molecule has 36 heavy (non-hydrogen) atoms. The van der Waals surface area contributed by atoms with Crippen LogP contribution < -0.4 is 11.1 Å². The number of carbonyl (C=O) groups excluding carboxylic acids is 2. The first kappa shape index (κ1) is 26.4. The average Bonchev–Trinajstić information content (AvgIpc) is 3.35. The van der Waals surface area contributed by atoms with Gasteiger partial charge in [0.1, 0.15) is 17.9 Å². The van der Waals surface area contributed by atoms with Crippen molar-refractivity contribution in [3.63, 3.8) is 0 Å². The highest BCUT2D eigenvalue weighted by molar-refractivity contribution is 9.10. The number of amides is 1. The van der Waals surface area contributed by atoms with Crippen molar-refractivity contribution in [1.29, 1.82) is 0 Å². The molecule has 0 saturated carbocycles. The molecule has 1 amide bonds. The molecule has 1 saturated heterocycles. The predicted octanol–water partition coefficient (Wildman–Crippen LogP) is 1.54. The van der Waals surface area contributed by atoms with Gasteiger partial charge < -0.3 is 15.8 Å². The standard InChI is InChI=1S/C22H23BrFN5O5S2/c1-2-34-22(31)17-15(10-29-6-8-36(32,33)11-16(29)19(25)30)27-20(21-26-5-7-35-21)28-18(17)13-4-3-12(24)9-14(13)23/h3-5,7,9,16,18H,2,6,8,10-11H2,1H3,(H2,25,30)(H,27,28)/t16-,18-/m0/s1. The Bertz CT molecular complexity index is 1350. The van der Waals surface area contributed by atoms with Crippen LogP contribution in [0.4, 0.5) is 4.39 Å². The highest BCUT2D eigenvalue weighted by Gasteiger charge is 2.39. The van der Waals surface area contributed by atoms with Crippen LogP contribution in [0.25, 0.3) is 0 Å². The Hall–Kier alpha value is -2.68. The van der Waals surface area contributed by atoms with E-state index in [0.29, 0.717) is 26.6 Å². The number of nitrogens with zero attached hydrogens (tertiary/aromatic N) is 3. The number of carbonyl (C=O) groups is 2. The summed E-state index contributed by atoms with van der Waals surface area (Å²) in [4.78, 5) is 36.0. The lowest BCUT2D eigenvalue weighted by Crippen LogP contribution is -2.56. The second-order valence-corrected chi connectivity index (χ2v) is 12.1. The van der Waals surface area contributed by atoms with E-state index in [0.717, 1.165) is 0 Å². The maximum atomic E-state index is 13.9. The smallest absolute Gasteiger partial charge is 0.338 e. The van der Waals surface area contributed by atoms with E-state index < -0.39 is 45.4 Å². The third kappa shape index (κ3) is 5.66. The van der Waals surface area contributed by atoms with Crippen molar-refractivity contribution < 1.29 is 27.1 Å². The molecular weight excluding hydrogens is 577 g/mol. The second kappa shape index (κ2) is 10.7. The second-order valence-electron chi connectivity index (χ2n) is 8.12. The number of esters is 1. The lowest BCUT2D eigenvalue weighted by molar-refractivity contribution is -0.139. The maximum Gasteiger partial charge on any atom is 0.338 e. The molecule has 1 fully saturated rings. The molecule has 2 aliphatic rings. The number of amidine groups is 1. The molecule has 0 radical (unpaired) electrons. The monoisotopic (exact) mass is 599 g/mol. The van der Waals surface area contributed by atoms with Gasteiger partial charge in [-0.1, -0.05) is 22.0 Å². The van der Waals surface area contributed by atoms with E-state index in [4.69, 9.17) is 15.5 Å². The van der Waals surface area contributed by atoms with Gasteiger partial charge >= 0.3 is 5.97 Å². The summed E-state index contributed by atoms with van der Waals surface area (Å²) in [5, 5.41) is 5.46. The van der Waals surface area contributed by atoms with E-state index in [2.05, 4.69) is 26.2 Å². The minimum atomic E-state index is -3.44. The molecule has 0 bridgehead atoms. The van der Waals surface area contributed by atoms with E-state index in [1.807, 2.05) is 0 Å². The molecule has 14 heteroatoms. The summed E-state index contributed by atoms with van der Waals surface area (Å²) in [6.45, 7) is 1.81. The van der Waals surface area contributed by atoms with Crippen molar-refractivity contribution >= 4 is 54.8 Å². The Morgan fingerprint density at radius 1 is 1.39 bits per heavy atom. The van der Waals surface area contributed by atoms with E-state index in [1.54, 1.807) is 23.4 Å². The van der Waals surface area contributed by atoms with Crippen molar-refractivity contribution in [3.05, 3.63) is 61.9 Å². The number of halogens is 2. The van der Waals surface area contributed by atoms with Crippen molar-refractivity contribution in [2.45, 2.75) is 19.0 Å².